The summed E-state index contributed by atoms with van der Waals surface area (Å²) in [6.07, 6.45) is 1.88. The van der Waals surface area contributed by atoms with Gasteiger partial charge in [0.05, 0.1) is 6.61 Å². The van der Waals surface area contributed by atoms with Crippen molar-refractivity contribution in [2.24, 2.45) is 0 Å². The Kier molecular flexibility index (Phi) is 6.71. The second-order valence-corrected chi connectivity index (χ2v) is 6.79. The number of methoxy groups -OCH3 is 1. The molecule has 5 nitrogen and oxygen atoms in total. The molecule has 1 N–H and O–H groups in total. The van der Waals surface area contributed by atoms with Crippen LogP contribution in [0.5, 0.6) is 5.75 Å². The number of nitrogens with one attached hydrogen (secondary N) is 1. The van der Waals surface area contributed by atoms with E-state index in [1.165, 1.54) is 11.1 Å². The van der Waals surface area contributed by atoms with E-state index in [-0.39, 0.29) is 12.1 Å². The van der Waals surface area contributed by atoms with Crippen molar-refractivity contribution < 1.29 is 14.3 Å². The maximum atomic E-state index is 11.9. The number of carbonyl (C=O) groups is 1. The molecule has 27 heavy (non-hydrogen) atoms. The quantitative estimate of drug-likeness (QED) is 0.836. The zero-order valence-electron chi connectivity index (χ0n) is 16.1. The molecule has 0 spiro atoms. The number of nitrogens with zero attached hydrogens (tertiary/aromatic N) is 1. The fourth-order valence-corrected chi connectivity index (χ4v) is 3.32. The van der Waals surface area contributed by atoms with Crippen LogP contribution >= 0.6 is 0 Å². The van der Waals surface area contributed by atoms with Crippen molar-refractivity contribution in [1.29, 1.82) is 0 Å². The molecule has 2 aromatic carbocycles. The Hall–Kier alpha value is -2.53. The van der Waals surface area contributed by atoms with E-state index in [1.54, 1.807) is 7.11 Å². The van der Waals surface area contributed by atoms with Gasteiger partial charge in [-0.2, -0.15) is 0 Å². The van der Waals surface area contributed by atoms with Crippen LogP contribution in [-0.4, -0.2) is 43.8 Å². The van der Waals surface area contributed by atoms with Gasteiger partial charge in [-0.05, 0) is 35.7 Å². The van der Waals surface area contributed by atoms with Crippen molar-refractivity contribution in [1.82, 2.24) is 10.2 Å². The van der Waals surface area contributed by atoms with Gasteiger partial charge in [0.2, 0.25) is 0 Å². The van der Waals surface area contributed by atoms with E-state index in [0.717, 1.165) is 37.2 Å². The van der Waals surface area contributed by atoms with Gasteiger partial charge >= 0.3 is 6.03 Å². The Morgan fingerprint density at radius 2 is 1.63 bits per heavy atom. The fraction of sp³-hybridized carbons (Fsp3) is 0.409. The summed E-state index contributed by atoms with van der Waals surface area (Å²) in [5.41, 5.74) is 3.51. The lowest BCUT2D eigenvalue weighted by molar-refractivity contribution is 0.111. The summed E-state index contributed by atoms with van der Waals surface area (Å²) in [5.74, 6) is 0.881. The maximum Gasteiger partial charge on any atom is 0.317 e. The molecule has 2 amide bonds. The fourth-order valence-electron chi connectivity index (χ4n) is 3.32. The number of hydrogen-bond donors (Lipinski definition) is 1. The number of benzene rings is 2. The number of piperidine rings is 1. The molecular weight excluding hydrogens is 340 g/mol. The van der Waals surface area contributed by atoms with Gasteiger partial charge < -0.3 is 19.7 Å². The second kappa shape index (κ2) is 9.42. The molecule has 1 heterocycles. The lowest BCUT2D eigenvalue weighted by Gasteiger charge is -2.32. The van der Waals surface area contributed by atoms with Gasteiger partial charge in [-0.25, -0.2) is 4.79 Å². The first-order chi connectivity index (χ1) is 13.2. The lowest BCUT2D eigenvalue weighted by Crippen LogP contribution is -2.46. The van der Waals surface area contributed by atoms with E-state index < -0.39 is 0 Å². The van der Waals surface area contributed by atoms with E-state index in [9.17, 15) is 4.79 Å². The predicted molar refractivity (Wildman–Crippen MR) is 107 cm³/mol. The summed E-state index contributed by atoms with van der Waals surface area (Å²) in [7, 11) is 1.70. The number of carbonyl (C=O) groups excluding carboxylic acids is 1. The van der Waals surface area contributed by atoms with Crippen LogP contribution in [0.3, 0.4) is 0 Å². The van der Waals surface area contributed by atoms with E-state index in [0.29, 0.717) is 13.2 Å². The number of urea groups is 1. The van der Waals surface area contributed by atoms with Crippen LogP contribution in [0.15, 0.2) is 48.5 Å². The Morgan fingerprint density at radius 3 is 2.19 bits per heavy atom. The Balaban J connectivity index is 1.53. The normalized spacial score (nSPS) is 14.8. The van der Waals surface area contributed by atoms with Crippen LogP contribution in [0.1, 0.15) is 25.3 Å². The first-order valence-corrected chi connectivity index (χ1v) is 9.57. The minimum absolute atomic E-state index is 0.0248. The molecule has 0 aromatic heterocycles. The van der Waals surface area contributed by atoms with Gasteiger partial charge in [-0.1, -0.05) is 36.4 Å². The molecule has 0 atom stereocenters. The zero-order valence-corrected chi connectivity index (χ0v) is 16.1. The average Bonchev–Trinajstić information content (AvgIpc) is 2.70. The summed E-state index contributed by atoms with van der Waals surface area (Å²) in [6.45, 7) is 4.71. The molecule has 5 heteroatoms. The number of hydrogen-bond acceptors (Lipinski definition) is 3. The van der Waals surface area contributed by atoms with Gasteiger partial charge in [-0.3, -0.25) is 0 Å². The van der Waals surface area contributed by atoms with Gasteiger partial charge in [0.15, 0.2) is 0 Å². The third kappa shape index (κ3) is 5.23. The highest BCUT2D eigenvalue weighted by Crippen LogP contribution is 2.25. The topological polar surface area (TPSA) is 50.8 Å². The Morgan fingerprint density at radius 1 is 1.04 bits per heavy atom. The summed E-state index contributed by atoms with van der Waals surface area (Å²) < 4.78 is 11.3. The van der Waals surface area contributed by atoms with Crippen molar-refractivity contribution in [2.75, 3.05) is 26.7 Å². The highest BCUT2D eigenvalue weighted by Gasteiger charge is 2.23. The van der Waals surface area contributed by atoms with Gasteiger partial charge in [0.1, 0.15) is 11.9 Å². The Bertz CT molecular complexity index is 720. The molecule has 0 bridgehead atoms. The predicted octanol–water partition coefficient (Wildman–Crippen LogP) is 4.07. The molecule has 2 aromatic rings. The molecule has 1 aliphatic rings. The second-order valence-electron chi connectivity index (χ2n) is 6.79. The van der Waals surface area contributed by atoms with Crippen molar-refractivity contribution >= 4 is 6.03 Å². The number of likely N-dealkylation sites (tertiary alicyclic amines) is 1. The highest BCUT2D eigenvalue weighted by atomic mass is 16.5. The molecule has 0 saturated carbocycles. The highest BCUT2D eigenvalue weighted by molar-refractivity contribution is 5.74. The smallest absolute Gasteiger partial charge is 0.317 e. The molecule has 0 unspecified atom stereocenters. The minimum atomic E-state index is 0.0248. The molecule has 1 saturated heterocycles. The minimum Gasteiger partial charge on any atom is -0.490 e. The molecule has 3 rings (SSSR count). The van der Waals surface area contributed by atoms with E-state index >= 15 is 0 Å². The van der Waals surface area contributed by atoms with E-state index in [4.69, 9.17) is 9.47 Å². The monoisotopic (exact) mass is 368 g/mol. The summed E-state index contributed by atoms with van der Waals surface area (Å²) in [4.78, 5) is 13.7. The Labute approximate surface area is 161 Å². The van der Waals surface area contributed by atoms with Crippen LogP contribution < -0.4 is 10.1 Å². The number of ether oxygens (including phenoxy) is 2. The lowest BCUT2D eigenvalue weighted by atomic mass is 10.0. The van der Waals surface area contributed by atoms with Crippen molar-refractivity contribution in [3.05, 3.63) is 54.1 Å². The van der Waals surface area contributed by atoms with Crippen LogP contribution in [-0.2, 0) is 11.3 Å². The van der Waals surface area contributed by atoms with Crippen LogP contribution in [0.2, 0.25) is 0 Å². The zero-order chi connectivity index (χ0) is 19.1. The third-order valence-electron chi connectivity index (χ3n) is 4.81. The third-order valence-corrected chi connectivity index (χ3v) is 4.81. The largest absolute Gasteiger partial charge is 0.490 e. The maximum absolute atomic E-state index is 11.9. The van der Waals surface area contributed by atoms with E-state index in [2.05, 4.69) is 41.7 Å². The van der Waals surface area contributed by atoms with Crippen LogP contribution in [0, 0.1) is 0 Å². The molecule has 1 fully saturated rings. The van der Waals surface area contributed by atoms with Crippen LogP contribution in [0.25, 0.3) is 11.1 Å². The van der Waals surface area contributed by atoms with Crippen molar-refractivity contribution in [3.8, 4) is 16.9 Å². The first-order valence-electron chi connectivity index (χ1n) is 9.57. The van der Waals surface area contributed by atoms with Crippen LogP contribution in [0.4, 0.5) is 4.79 Å². The summed E-state index contributed by atoms with van der Waals surface area (Å²) >= 11 is 0. The molecule has 0 aliphatic carbocycles. The first kappa shape index (κ1) is 19.2. The van der Waals surface area contributed by atoms with Gasteiger partial charge in [0, 0.05) is 39.6 Å². The van der Waals surface area contributed by atoms with Crippen molar-refractivity contribution in [3.63, 3.8) is 0 Å². The molecule has 1 aliphatic heterocycles. The molecular formula is C22H28N2O3. The summed E-state index contributed by atoms with van der Waals surface area (Å²) in [6, 6.07) is 16.6. The summed E-state index contributed by atoms with van der Waals surface area (Å²) in [5, 5.41) is 2.85. The standard InChI is InChI=1S/C22H28N2O3/c1-3-23-22(25)24-14-12-21(13-15-24)27-20-10-8-19(9-11-20)18-6-4-17(5-7-18)16-26-2/h4-11,21H,3,12-16H2,1-2H3,(H,23,25). The SMILES string of the molecule is CCNC(=O)N1CCC(Oc2ccc(-c3ccc(COC)cc3)cc2)CC1. The molecule has 144 valence electrons. The molecule has 0 radical (unpaired) electrons. The van der Waals surface area contributed by atoms with E-state index in [1.807, 2.05) is 24.0 Å². The van der Waals surface area contributed by atoms with Gasteiger partial charge in [0.25, 0.3) is 0 Å². The van der Waals surface area contributed by atoms with Crippen molar-refractivity contribution in [2.45, 2.75) is 32.5 Å². The average molecular weight is 368 g/mol. The van der Waals surface area contributed by atoms with Gasteiger partial charge in [-0.15, -0.1) is 0 Å². The number of rotatable bonds is 6. The number of amides is 2.